The van der Waals surface area contributed by atoms with Crippen LogP contribution in [-0.4, -0.2) is 47.3 Å². The molecular formula is C11H19N5O. The summed E-state index contributed by atoms with van der Waals surface area (Å²) < 4.78 is 1.55. The molecule has 0 spiro atoms. The Morgan fingerprint density at radius 2 is 2.41 bits per heavy atom. The van der Waals surface area contributed by atoms with Gasteiger partial charge in [0.15, 0.2) is 5.69 Å². The van der Waals surface area contributed by atoms with Crippen molar-refractivity contribution < 1.29 is 4.79 Å². The quantitative estimate of drug-likeness (QED) is 0.755. The lowest BCUT2D eigenvalue weighted by Crippen LogP contribution is -2.31. The van der Waals surface area contributed by atoms with Crippen molar-refractivity contribution in [2.75, 3.05) is 32.4 Å². The van der Waals surface area contributed by atoms with E-state index in [4.69, 9.17) is 5.73 Å². The van der Waals surface area contributed by atoms with Crippen LogP contribution in [0.4, 0.5) is 5.69 Å². The van der Waals surface area contributed by atoms with Crippen molar-refractivity contribution >= 4 is 11.6 Å². The molecule has 2 heterocycles. The van der Waals surface area contributed by atoms with Gasteiger partial charge in [0.25, 0.3) is 5.91 Å². The number of nitrogens with one attached hydrogen (secondary N) is 1. The number of hydrogen-bond acceptors (Lipinski definition) is 4. The number of hydrogen-bond donors (Lipinski definition) is 2. The molecule has 3 N–H and O–H groups in total. The Morgan fingerprint density at radius 3 is 2.94 bits per heavy atom. The molecule has 1 saturated heterocycles. The molecule has 0 saturated carbocycles. The zero-order chi connectivity index (χ0) is 12.4. The molecule has 1 aliphatic rings. The molecule has 0 aliphatic carbocycles. The van der Waals surface area contributed by atoms with Crippen LogP contribution in [-0.2, 0) is 7.05 Å². The Bertz CT molecular complexity index is 414. The van der Waals surface area contributed by atoms with E-state index in [9.17, 15) is 4.79 Å². The molecule has 1 atom stereocenters. The third-order valence-corrected chi connectivity index (χ3v) is 3.11. The smallest absolute Gasteiger partial charge is 0.273 e. The third-order valence-electron chi connectivity index (χ3n) is 3.11. The number of anilines is 1. The SMILES string of the molecule is CN1CCC(CNC(=O)c2nn(C)cc2N)C1. The van der Waals surface area contributed by atoms with Gasteiger partial charge in [-0.05, 0) is 25.9 Å². The van der Waals surface area contributed by atoms with Crippen LogP contribution in [0, 0.1) is 5.92 Å². The first kappa shape index (κ1) is 11.9. The largest absolute Gasteiger partial charge is 0.396 e. The zero-order valence-electron chi connectivity index (χ0n) is 10.3. The number of amides is 1. The van der Waals surface area contributed by atoms with E-state index in [1.807, 2.05) is 0 Å². The molecule has 2 rings (SSSR count). The number of nitrogen functional groups attached to an aromatic ring is 1. The summed E-state index contributed by atoms with van der Waals surface area (Å²) in [6.45, 7) is 2.84. The van der Waals surface area contributed by atoms with Crippen LogP contribution >= 0.6 is 0 Å². The molecular weight excluding hydrogens is 218 g/mol. The number of carbonyl (C=O) groups is 1. The number of rotatable bonds is 3. The highest BCUT2D eigenvalue weighted by Gasteiger charge is 2.21. The number of carbonyl (C=O) groups excluding carboxylic acids is 1. The summed E-state index contributed by atoms with van der Waals surface area (Å²) in [6.07, 6.45) is 2.77. The highest BCUT2D eigenvalue weighted by atomic mass is 16.2. The van der Waals surface area contributed by atoms with E-state index in [0.717, 1.165) is 19.5 Å². The van der Waals surface area contributed by atoms with E-state index in [0.29, 0.717) is 23.8 Å². The lowest BCUT2D eigenvalue weighted by Gasteiger charge is -2.11. The first-order valence-electron chi connectivity index (χ1n) is 5.82. The number of nitrogens with two attached hydrogens (primary N) is 1. The summed E-state index contributed by atoms with van der Waals surface area (Å²) in [4.78, 5) is 14.1. The molecule has 6 heteroatoms. The summed E-state index contributed by atoms with van der Waals surface area (Å²) in [5, 5.41) is 6.93. The predicted octanol–water partition coefficient (Wildman–Crippen LogP) is -0.316. The fraction of sp³-hybridized carbons (Fsp3) is 0.636. The molecule has 1 aromatic rings. The van der Waals surface area contributed by atoms with Gasteiger partial charge in [-0.25, -0.2) is 0 Å². The van der Waals surface area contributed by atoms with E-state index in [1.165, 1.54) is 0 Å². The number of likely N-dealkylation sites (tertiary alicyclic amines) is 1. The molecule has 0 bridgehead atoms. The Kier molecular flexibility index (Phi) is 3.33. The maximum atomic E-state index is 11.8. The highest BCUT2D eigenvalue weighted by molar-refractivity contribution is 5.96. The van der Waals surface area contributed by atoms with Crippen molar-refractivity contribution in [1.29, 1.82) is 0 Å². The lowest BCUT2D eigenvalue weighted by molar-refractivity contribution is 0.0942. The minimum atomic E-state index is -0.183. The van der Waals surface area contributed by atoms with Gasteiger partial charge in [0.05, 0.1) is 5.69 Å². The van der Waals surface area contributed by atoms with Gasteiger partial charge in [-0.15, -0.1) is 0 Å². The van der Waals surface area contributed by atoms with Crippen molar-refractivity contribution in [2.45, 2.75) is 6.42 Å². The van der Waals surface area contributed by atoms with Gasteiger partial charge in [0.1, 0.15) is 0 Å². The van der Waals surface area contributed by atoms with Crippen LogP contribution in [0.5, 0.6) is 0 Å². The van der Waals surface area contributed by atoms with Crippen LogP contribution in [0.15, 0.2) is 6.20 Å². The van der Waals surface area contributed by atoms with Crippen LogP contribution in [0.2, 0.25) is 0 Å². The zero-order valence-corrected chi connectivity index (χ0v) is 10.3. The first-order chi connectivity index (χ1) is 8.06. The summed E-state index contributed by atoms with van der Waals surface area (Å²) in [5.41, 5.74) is 6.44. The van der Waals surface area contributed by atoms with E-state index < -0.39 is 0 Å². The third kappa shape index (κ3) is 2.76. The second-order valence-electron chi connectivity index (χ2n) is 4.73. The summed E-state index contributed by atoms with van der Waals surface area (Å²) in [5.74, 6) is 0.353. The van der Waals surface area contributed by atoms with Crippen LogP contribution in [0.25, 0.3) is 0 Å². The molecule has 1 amide bonds. The van der Waals surface area contributed by atoms with E-state index in [2.05, 4.69) is 22.4 Å². The molecule has 1 fully saturated rings. The number of aromatic nitrogens is 2. The summed E-state index contributed by atoms with van der Waals surface area (Å²) in [7, 11) is 3.84. The van der Waals surface area contributed by atoms with E-state index in [-0.39, 0.29) is 5.91 Å². The number of aryl methyl sites for hydroxylation is 1. The van der Waals surface area contributed by atoms with Crippen LogP contribution < -0.4 is 11.1 Å². The van der Waals surface area contributed by atoms with E-state index >= 15 is 0 Å². The second-order valence-corrected chi connectivity index (χ2v) is 4.73. The fourth-order valence-electron chi connectivity index (χ4n) is 2.20. The van der Waals surface area contributed by atoms with Gasteiger partial charge in [-0.2, -0.15) is 5.10 Å². The Balaban J connectivity index is 1.87. The average molecular weight is 237 g/mol. The van der Waals surface area contributed by atoms with E-state index in [1.54, 1.807) is 17.9 Å². The van der Waals surface area contributed by atoms with Crippen molar-refractivity contribution in [3.05, 3.63) is 11.9 Å². The maximum Gasteiger partial charge on any atom is 0.273 e. The lowest BCUT2D eigenvalue weighted by atomic mass is 10.1. The molecule has 0 aromatic carbocycles. The summed E-state index contributed by atoms with van der Waals surface area (Å²) >= 11 is 0. The monoisotopic (exact) mass is 237 g/mol. The van der Waals surface area contributed by atoms with Crippen molar-refractivity contribution in [3.8, 4) is 0 Å². The van der Waals surface area contributed by atoms with Crippen molar-refractivity contribution in [3.63, 3.8) is 0 Å². The fourth-order valence-corrected chi connectivity index (χ4v) is 2.20. The molecule has 1 aliphatic heterocycles. The molecule has 1 unspecified atom stereocenters. The van der Waals surface area contributed by atoms with Crippen molar-refractivity contribution in [1.82, 2.24) is 20.0 Å². The normalized spacial score (nSPS) is 20.7. The van der Waals surface area contributed by atoms with Crippen LogP contribution in [0.3, 0.4) is 0 Å². The Labute approximate surface area is 101 Å². The first-order valence-corrected chi connectivity index (χ1v) is 5.82. The molecule has 1 aromatic heterocycles. The standard InChI is InChI=1S/C11H19N5O/c1-15-4-3-8(6-15)5-13-11(17)10-9(12)7-16(2)14-10/h7-8H,3-6,12H2,1-2H3,(H,13,17). The maximum absolute atomic E-state index is 11.8. The van der Waals surface area contributed by atoms with Crippen molar-refractivity contribution in [2.24, 2.45) is 13.0 Å². The minimum absolute atomic E-state index is 0.183. The molecule has 17 heavy (non-hydrogen) atoms. The minimum Gasteiger partial charge on any atom is -0.396 e. The Hall–Kier alpha value is -1.56. The van der Waals surface area contributed by atoms with Gasteiger partial charge in [-0.3, -0.25) is 9.48 Å². The van der Waals surface area contributed by atoms with Gasteiger partial charge in [0.2, 0.25) is 0 Å². The topological polar surface area (TPSA) is 76.2 Å². The Morgan fingerprint density at radius 1 is 1.65 bits per heavy atom. The predicted molar refractivity (Wildman–Crippen MR) is 65.6 cm³/mol. The number of nitrogens with zero attached hydrogens (tertiary/aromatic N) is 3. The highest BCUT2D eigenvalue weighted by Crippen LogP contribution is 2.13. The average Bonchev–Trinajstić information content (AvgIpc) is 2.81. The van der Waals surface area contributed by atoms with Gasteiger partial charge in [0, 0.05) is 26.3 Å². The molecule has 6 nitrogen and oxygen atoms in total. The van der Waals surface area contributed by atoms with Gasteiger partial charge >= 0.3 is 0 Å². The van der Waals surface area contributed by atoms with Gasteiger partial charge in [-0.1, -0.05) is 0 Å². The van der Waals surface area contributed by atoms with Gasteiger partial charge < -0.3 is 16.0 Å². The summed E-state index contributed by atoms with van der Waals surface area (Å²) in [6, 6.07) is 0. The molecule has 94 valence electrons. The molecule has 0 radical (unpaired) electrons. The second kappa shape index (κ2) is 4.75. The van der Waals surface area contributed by atoms with Crippen LogP contribution in [0.1, 0.15) is 16.9 Å².